The second kappa shape index (κ2) is 5.67. The van der Waals surface area contributed by atoms with Crippen LogP contribution in [0.5, 0.6) is 0 Å². The summed E-state index contributed by atoms with van der Waals surface area (Å²) in [5.41, 5.74) is 0.712. The van der Waals surface area contributed by atoms with Gasteiger partial charge < -0.3 is 15.2 Å². The van der Waals surface area contributed by atoms with Crippen molar-refractivity contribution in [2.75, 3.05) is 19.0 Å². The molecule has 0 aromatic carbocycles. The van der Waals surface area contributed by atoms with Crippen molar-refractivity contribution in [3.8, 4) is 0 Å². The number of aromatic nitrogens is 1. The first-order valence-electron chi connectivity index (χ1n) is 4.65. The van der Waals surface area contributed by atoms with Crippen molar-refractivity contribution in [2.45, 2.75) is 20.0 Å². The van der Waals surface area contributed by atoms with Crippen LogP contribution in [0.2, 0.25) is 0 Å². The predicted octanol–water partition coefficient (Wildman–Crippen LogP) is 1.81. The number of ether oxygens (including phenoxy) is 1. The van der Waals surface area contributed by atoms with E-state index in [-0.39, 0.29) is 12.2 Å². The predicted molar refractivity (Wildman–Crippen MR) is 58.6 cm³/mol. The first-order chi connectivity index (χ1) is 7.20. The molecule has 0 amide bonds. The number of carbonyl (C=O) groups is 1. The lowest BCUT2D eigenvalue weighted by molar-refractivity contribution is 0.0693. The quantitative estimate of drug-likeness (QED) is 0.779. The molecule has 0 aliphatic rings. The molecule has 1 aromatic rings. The molecule has 15 heavy (non-hydrogen) atoms. The molecule has 0 fully saturated rings. The molecule has 0 spiro atoms. The molecule has 0 radical (unpaired) electrons. The maximum absolute atomic E-state index is 11.0. The van der Waals surface area contributed by atoms with Gasteiger partial charge in [-0.05, 0) is 18.0 Å². The fraction of sp³-hybridized carbons (Fsp3) is 0.556. The molecular formula is C9H14N2O3S. The SMILES string of the molecule is CCCNc1snc(COC)c1C(=O)O. The molecule has 0 atom stereocenters. The van der Waals surface area contributed by atoms with Crippen LogP contribution in [0.4, 0.5) is 5.00 Å². The Morgan fingerprint density at radius 3 is 2.93 bits per heavy atom. The van der Waals surface area contributed by atoms with Gasteiger partial charge in [-0.1, -0.05) is 6.92 Å². The molecule has 0 bridgehead atoms. The largest absolute Gasteiger partial charge is 0.478 e. The molecule has 0 saturated heterocycles. The standard InChI is InChI=1S/C9H14N2O3S/c1-3-4-10-8-7(9(12)13)6(5-14-2)11-15-8/h10H,3-5H2,1-2H3,(H,12,13). The van der Waals surface area contributed by atoms with E-state index in [1.807, 2.05) is 6.92 Å². The number of carboxylic acids is 1. The Labute approximate surface area is 92.2 Å². The summed E-state index contributed by atoms with van der Waals surface area (Å²) in [7, 11) is 1.52. The van der Waals surface area contributed by atoms with Crippen LogP contribution < -0.4 is 5.32 Å². The van der Waals surface area contributed by atoms with Crippen LogP contribution in [0.3, 0.4) is 0 Å². The molecule has 1 rings (SSSR count). The molecule has 0 aliphatic carbocycles. The molecule has 2 N–H and O–H groups in total. The first-order valence-corrected chi connectivity index (χ1v) is 5.42. The summed E-state index contributed by atoms with van der Waals surface area (Å²) >= 11 is 1.16. The molecule has 0 saturated carbocycles. The maximum atomic E-state index is 11.0. The van der Waals surface area contributed by atoms with Gasteiger partial charge in [0, 0.05) is 13.7 Å². The summed E-state index contributed by atoms with van der Waals surface area (Å²) in [6.45, 7) is 2.99. The number of rotatable bonds is 6. The van der Waals surface area contributed by atoms with Crippen LogP contribution in [-0.2, 0) is 11.3 Å². The zero-order valence-electron chi connectivity index (χ0n) is 8.74. The third kappa shape index (κ3) is 2.90. The Balaban J connectivity index is 2.90. The maximum Gasteiger partial charge on any atom is 0.340 e. The number of methoxy groups -OCH3 is 1. The van der Waals surface area contributed by atoms with E-state index in [0.717, 1.165) is 24.5 Å². The van der Waals surface area contributed by atoms with E-state index in [2.05, 4.69) is 9.69 Å². The van der Waals surface area contributed by atoms with Crippen molar-refractivity contribution in [3.63, 3.8) is 0 Å². The molecule has 6 heteroatoms. The van der Waals surface area contributed by atoms with E-state index in [9.17, 15) is 4.79 Å². The molecule has 84 valence electrons. The molecule has 1 aromatic heterocycles. The minimum atomic E-state index is -0.964. The topological polar surface area (TPSA) is 71.5 Å². The lowest BCUT2D eigenvalue weighted by Crippen LogP contribution is -2.07. The van der Waals surface area contributed by atoms with E-state index >= 15 is 0 Å². The van der Waals surface area contributed by atoms with E-state index < -0.39 is 5.97 Å². The minimum absolute atomic E-state index is 0.228. The Kier molecular flexibility index (Phi) is 4.51. The van der Waals surface area contributed by atoms with Crippen LogP contribution in [-0.4, -0.2) is 29.1 Å². The van der Waals surface area contributed by atoms with E-state index in [1.54, 1.807) is 0 Å². The van der Waals surface area contributed by atoms with Crippen molar-refractivity contribution >= 4 is 22.5 Å². The Bertz CT molecular complexity index is 338. The van der Waals surface area contributed by atoms with Gasteiger partial charge in [0.2, 0.25) is 0 Å². The van der Waals surface area contributed by atoms with Gasteiger partial charge in [0.25, 0.3) is 0 Å². The zero-order valence-corrected chi connectivity index (χ0v) is 9.56. The highest BCUT2D eigenvalue weighted by Crippen LogP contribution is 2.25. The summed E-state index contributed by atoms with van der Waals surface area (Å²) in [6.07, 6.45) is 0.941. The highest BCUT2D eigenvalue weighted by atomic mass is 32.1. The first kappa shape index (κ1) is 11.9. The summed E-state index contributed by atoms with van der Waals surface area (Å²) < 4.78 is 8.94. The Morgan fingerprint density at radius 1 is 1.67 bits per heavy atom. The van der Waals surface area contributed by atoms with Crippen LogP contribution >= 0.6 is 11.5 Å². The smallest absolute Gasteiger partial charge is 0.340 e. The Hall–Kier alpha value is -1.14. The lowest BCUT2D eigenvalue weighted by atomic mass is 10.2. The van der Waals surface area contributed by atoms with Gasteiger partial charge in [-0.25, -0.2) is 4.79 Å². The number of nitrogens with zero attached hydrogens (tertiary/aromatic N) is 1. The number of anilines is 1. The number of aromatic carboxylic acids is 1. The van der Waals surface area contributed by atoms with E-state index in [1.165, 1.54) is 7.11 Å². The van der Waals surface area contributed by atoms with Crippen LogP contribution in [0.15, 0.2) is 0 Å². The molecule has 0 unspecified atom stereocenters. The molecule has 1 heterocycles. The molecular weight excluding hydrogens is 216 g/mol. The fourth-order valence-electron chi connectivity index (χ4n) is 1.14. The minimum Gasteiger partial charge on any atom is -0.478 e. The number of nitrogens with one attached hydrogen (secondary N) is 1. The van der Waals surface area contributed by atoms with Gasteiger partial charge in [-0.15, -0.1) is 0 Å². The van der Waals surface area contributed by atoms with Gasteiger partial charge in [0.15, 0.2) is 0 Å². The van der Waals surface area contributed by atoms with Gasteiger partial charge >= 0.3 is 5.97 Å². The average molecular weight is 230 g/mol. The second-order valence-corrected chi connectivity index (χ2v) is 3.77. The molecule has 0 aliphatic heterocycles. The van der Waals surface area contributed by atoms with Crippen LogP contribution in [0.25, 0.3) is 0 Å². The normalized spacial score (nSPS) is 10.3. The lowest BCUT2D eigenvalue weighted by Gasteiger charge is -2.02. The van der Waals surface area contributed by atoms with Gasteiger partial charge in [-0.3, -0.25) is 0 Å². The van der Waals surface area contributed by atoms with Crippen molar-refractivity contribution in [2.24, 2.45) is 0 Å². The van der Waals surface area contributed by atoms with Crippen molar-refractivity contribution in [3.05, 3.63) is 11.3 Å². The highest BCUT2D eigenvalue weighted by Gasteiger charge is 2.19. The van der Waals surface area contributed by atoms with Crippen LogP contribution in [0, 0.1) is 0 Å². The third-order valence-electron chi connectivity index (χ3n) is 1.79. The van der Waals surface area contributed by atoms with Gasteiger partial charge in [0.1, 0.15) is 10.6 Å². The van der Waals surface area contributed by atoms with E-state index in [4.69, 9.17) is 9.84 Å². The summed E-state index contributed by atoms with van der Waals surface area (Å²) in [4.78, 5) is 11.0. The monoisotopic (exact) mass is 230 g/mol. The molecule has 5 nitrogen and oxygen atoms in total. The van der Waals surface area contributed by atoms with Crippen LogP contribution in [0.1, 0.15) is 29.4 Å². The summed E-state index contributed by atoms with van der Waals surface area (Å²) in [5.74, 6) is -0.964. The number of carboxylic acid groups (broad SMARTS) is 1. The summed E-state index contributed by atoms with van der Waals surface area (Å²) in [6, 6.07) is 0. The van der Waals surface area contributed by atoms with Crippen molar-refractivity contribution < 1.29 is 14.6 Å². The van der Waals surface area contributed by atoms with E-state index in [0.29, 0.717) is 10.7 Å². The zero-order chi connectivity index (χ0) is 11.3. The van der Waals surface area contributed by atoms with Gasteiger partial charge in [-0.2, -0.15) is 4.37 Å². The fourth-order valence-corrected chi connectivity index (χ4v) is 1.95. The number of hydrogen-bond donors (Lipinski definition) is 2. The van der Waals surface area contributed by atoms with Crippen molar-refractivity contribution in [1.82, 2.24) is 4.37 Å². The Morgan fingerprint density at radius 2 is 2.40 bits per heavy atom. The third-order valence-corrected chi connectivity index (χ3v) is 2.64. The van der Waals surface area contributed by atoms with Crippen molar-refractivity contribution in [1.29, 1.82) is 0 Å². The number of hydrogen-bond acceptors (Lipinski definition) is 5. The average Bonchev–Trinajstić information content (AvgIpc) is 2.58. The van der Waals surface area contributed by atoms with Gasteiger partial charge in [0.05, 0.1) is 12.3 Å². The highest BCUT2D eigenvalue weighted by molar-refractivity contribution is 7.10. The summed E-state index contributed by atoms with van der Waals surface area (Å²) in [5, 5.41) is 12.7. The second-order valence-electron chi connectivity index (χ2n) is 3.00.